The number of sulfonamides is 1. The first-order chi connectivity index (χ1) is 11.0. The van der Waals surface area contributed by atoms with Crippen molar-refractivity contribution >= 4 is 10.0 Å². The average molecular weight is 338 g/mol. The van der Waals surface area contributed by atoms with E-state index in [0.29, 0.717) is 18.8 Å². The van der Waals surface area contributed by atoms with E-state index in [9.17, 15) is 8.42 Å². The van der Waals surface area contributed by atoms with Crippen molar-refractivity contribution in [3.63, 3.8) is 0 Å². The molecule has 0 bridgehead atoms. The van der Waals surface area contributed by atoms with E-state index in [1.165, 1.54) is 7.11 Å². The molecule has 0 saturated heterocycles. The van der Waals surface area contributed by atoms with Crippen LogP contribution in [0, 0.1) is 0 Å². The van der Waals surface area contributed by atoms with Gasteiger partial charge in [-0.2, -0.15) is 0 Å². The Hall–Kier alpha value is -1.77. The number of aromatic nitrogens is 3. The lowest BCUT2D eigenvalue weighted by Gasteiger charge is -2.16. The quantitative estimate of drug-likeness (QED) is 0.736. The molecule has 1 aromatic heterocycles. The molecule has 7 nitrogen and oxygen atoms in total. The molecule has 0 amide bonds. The summed E-state index contributed by atoms with van der Waals surface area (Å²) in [6.07, 6.45) is 1.72. The van der Waals surface area contributed by atoms with Crippen molar-refractivity contribution in [2.45, 2.75) is 32.5 Å². The fourth-order valence-electron chi connectivity index (χ4n) is 2.25. The topological polar surface area (TPSA) is 86.1 Å². The summed E-state index contributed by atoms with van der Waals surface area (Å²) in [7, 11) is -1.95. The summed E-state index contributed by atoms with van der Waals surface area (Å²) in [5.41, 5.74) is 1.04. The lowest BCUT2D eigenvalue weighted by molar-refractivity contribution is 0.121. The van der Waals surface area contributed by atoms with Gasteiger partial charge in [-0.05, 0) is 18.9 Å². The largest absolute Gasteiger partial charge is 0.380 e. The average Bonchev–Trinajstić information content (AvgIpc) is 3.01. The van der Waals surface area contributed by atoms with Crippen LogP contribution in [0.25, 0.3) is 0 Å². The smallest absolute Gasteiger partial charge is 0.214 e. The van der Waals surface area contributed by atoms with E-state index >= 15 is 0 Å². The minimum atomic E-state index is -3.47. The van der Waals surface area contributed by atoms with Crippen molar-refractivity contribution in [1.29, 1.82) is 0 Å². The maximum absolute atomic E-state index is 12.2. The zero-order valence-corrected chi connectivity index (χ0v) is 14.2. The second-order valence-corrected chi connectivity index (χ2v) is 7.03. The molecule has 1 heterocycles. The van der Waals surface area contributed by atoms with Gasteiger partial charge < -0.3 is 9.30 Å². The lowest BCUT2D eigenvalue weighted by atomic mass is 10.1. The minimum Gasteiger partial charge on any atom is -0.380 e. The third kappa shape index (κ3) is 5.42. The molecule has 0 aliphatic rings. The van der Waals surface area contributed by atoms with Crippen LogP contribution in [0.2, 0.25) is 0 Å². The summed E-state index contributed by atoms with van der Waals surface area (Å²) >= 11 is 0. The molecule has 0 saturated carbocycles. The van der Waals surface area contributed by atoms with Gasteiger partial charge in [0.25, 0.3) is 0 Å². The Kier molecular flexibility index (Phi) is 6.26. The van der Waals surface area contributed by atoms with Crippen LogP contribution in [-0.4, -0.2) is 42.1 Å². The van der Waals surface area contributed by atoms with E-state index in [0.717, 1.165) is 5.56 Å². The van der Waals surface area contributed by atoms with Gasteiger partial charge in [0.2, 0.25) is 10.0 Å². The summed E-state index contributed by atoms with van der Waals surface area (Å²) in [6.45, 7) is 2.76. The molecule has 0 spiro atoms. The van der Waals surface area contributed by atoms with Crippen molar-refractivity contribution < 1.29 is 13.2 Å². The van der Waals surface area contributed by atoms with Crippen LogP contribution < -0.4 is 4.72 Å². The monoisotopic (exact) mass is 338 g/mol. The molecule has 2 aromatic rings. The first-order valence-electron chi connectivity index (χ1n) is 7.44. The number of ether oxygens (including phenoxy) is 1. The number of nitrogens with one attached hydrogen (secondary N) is 1. The van der Waals surface area contributed by atoms with Gasteiger partial charge in [-0.15, -0.1) is 10.2 Å². The molecule has 0 fully saturated rings. The van der Waals surface area contributed by atoms with Crippen LogP contribution in [0.15, 0.2) is 36.7 Å². The highest BCUT2D eigenvalue weighted by Gasteiger charge is 2.20. The number of aryl methyl sites for hydroxylation is 1. The van der Waals surface area contributed by atoms with Crippen LogP contribution in [0.1, 0.15) is 18.3 Å². The highest BCUT2D eigenvalue weighted by molar-refractivity contribution is 7.89. The van der Waals surface area contributed by atoms with E-state index in [1.54, 1.807) is 10.9 Å². The Morgan fingerprint density at radius 3 is 2.70 bits per heavy atom. The Bertz CT molecular complexity index is 701. The molecular weight excluding hydrogens is 316 g/mol. The van der Waals surface area contributed by atoms with E-state index in [-0.39, 0.29) is 12.3 Å². The minimum absolute atomic E-state index is 0.0986. The van der Waals surface area contributed by atoms with Crippen molar-refractivity contribution in [3.05, 3.63) is 48.0 Å². The fourth-order valence-corrected chi connectivity index (χ4v) is 3.46. The molecule has 126 valence electrons. The molecule has 23 heavy (non-hydrogen) atoms. The summed E-state index contributed by atoms with van der Waals surface area (Å²) in [5, 5.41) is 7.69. The second-order valence-electron chi connectivity index (χ2n) is 5.18. The molecule has 8 heteroatoms. The lowest BCUT2D eigenvalue weighted by Crippen LogP contribution is -2.34. The zero-order chi connectivity index (χ0) is 16.7. The van der Waals surface area contributed by atoms with Crippen molar-refractivity contribution in [2.24, 2.45) is 0 Å². The predicted molar refractivity (Wildman–Crippen MR) is 87.3 cm³/mol. The van der Waals surface area contributed by atoms with Gasteiger partial charge in [-0.3, -0.25) is 0 Å². The fraction of sp³-hybridized carbons (Fsp3) is 0.467. The van der Waals surface area contributed by atoms with Gasteiger partial charge in [0, 0.05) is 13.7 Å². The molecule has 0 aliphatic carbocycles. The third-order valence-electron chi connectivity index (χ3n) is 3.53. The number of hydrogen-bond acceptors (Lipinski definition) is 5. The molecular formula is C15H22N4O3S. The molecule has 0 aliphatic heterocycles. The maximum atomic E-state index is 12.2. The highest BCUT2D eigenvalue weighted by atomic mass is 32.2. The van der Waals surface area contributed by atoms with Gasteiger partial charge in [0.15, 0.2) is 0 Å². The molecule has 1 atom stereocenters. The van der Waals surface area contributed by atoms with Gasteiger partial charge in [0.05, 0.1) is 18.4 Å². The first-order valence-corrected chi connectivity index (χ1v) is 9.10. The summed E-state index contributed by atoms with van der Waals surface area (Å²) in [4.78, 5) is 0. The van der Waals surface area contributed by atoms with Crippen LogP contribution in [-0.2, 0) is 34.3 Å². The van der Waals surface area contributed by atoms with E-state index in [4.69, 9.17) is 4.74 Å². The highest BCUT2D eigenvalue weighted by Crippen LogP contribution is 2.08. The van der Waals surface area contributed by atoms with Crippen molar-refractivity contribution in [3.8, 4) is 0 Å². The summed E-state index contributed by atoms with van der Waals surface area (Å²) in [6, 6.07) is 9.68. The Morgan fingerprint density at radius 1 is 1.30 bits per heavy atom. The van der Waals surface area contributed by atoms with Gasteiger partial charge in [0.1, 0.15) is 12.2 Å². The SMILES string of the molecule is CCn1cnnc1CNS(=O)(=O)C[C@@H](Cc1ccccc1)OC. The second kappa shape index (κ2) is 8.19. The van der Waals surface area contributed by atoms with Gasteiger partial charge in [-0.25, -0.2) is 13.1 Å². The standard InChI is InChI=1S/C15H22N4O3S/c1-3-19-12-16-18-15(19)10-17-23(20,21)11-14(22-2)9-13-7-5-4-6-8-13/h4-8,12,14,17H,3,9-11H2,1-2H3/t14-/m1/s1. The van der Waals surface area contributed by atoms with Gasteiger partial charge >= 0.3 is 0 Å². The van der Waals surface area contributed by atoms with Crippen molar-refractivity contribution in [2.75, 3.05) is 12.9 Å². The van der Waals surface area contributed by atoms with Crippen LogP contribution in [0.3, 0.4) is 0 Å². The third-order valence-corrected chi connectivity index (χ3v) is 4.93. The van der Waals surface area contributed by atoms with Crippen LogP contribution in [0.5, 0.6) is 0 Å². The Labute approximate surface area is 136 Å². The number of hydrogen-bond donors (Lipinski definition) is 1. The van der Waals surface area contributed by atoms with Crippen LogP contribution >= 0.6 is 0 Å². The number of rotatable bonds is 9. The number of benzene rings is 1. The number of methoxy groups -OCH3 is 1. The van der Waals surface area contributed by atoms with E-state index in [1.807, 2.05) is 37.3 Å². The molecule has 0 unspecified atom stereocenters. The predicted octanol–water partition coefficient (Wildman–Crippen LogP) is 0.975. The summed E-state index contributed by atoms with van der Waals surface area (Å²) < 4.78 is 34.1. The number of nitrogens with zero attached hydrogens (tertiary/aromatic N) is 3. The molecule has 1 aromatic carbocycles. The van der Waals surface area contributed by atoms with E-state index in [2.05, 4.69) is 14.9 Å². The van der Waals surface area contributed by atoms with Gasteiger partial charge in [-0.1, -0.05) is 30.3 Å². The van der Waals surface area contributed by atoms with E-state index < -0.39 is 16.1 Å². The van der Waals surface area contributed by atoms with Crippen LogP contribution in [0.4, 0.5) is 0 Å². The molecule has 2 rings (SSSR count). The maximum Gasteiger partial charge on any atom is 0.214 e. The molecule has 0 radical (unpaired) electrons. The Morgan fingerprint density at radius 2 is 2.04 bits per heavy atom. The normalized spacial score (nSPS) is 13.1. The summed E-state index contributed by atoms with van der Waals surface area (Å²) in [5.74, 6) is 0.492. The molecule has 1 N–H and O–H groups in total. The Balaban J connectivity index is 1.93. The van der Waals surface area contributed by atoms with Crippen molar-refractivity contribution in [1.82, 2.24) is 19.5 Å². The zero-order valence-electron chi connectivity index (χ0n) is 13.3. The first kappa shape index (κ1) is 17.6.